The fourth-order valence-corrected chi connectivity index (χ4v) is 2.23. The van der Waals surface area contributed by atoms with Gasteiger partial charge in [-0.25, -0.2) is 0 Å². The van der Waals surface area contributed by atoms with Crippen molar-refractivity contribution in [2.75, 3.05) is 20.3 Å². The summed E-state index contributed by atoms with van der Waals surface area (Å²) in [4.78, 5) is 0. The first kappa shape index (κ1) is 13.6. The van der Waals surface area contributed by atoms with Crippen LogP contribution in [-0.4, -0.2) is 30.0 Å². The molecule has 0 radical (unpaired) electrons. The second-order valence-corrected chi connectivity index (χ2v) is 5.73. The molecule has 18 heavy (non-hydrogen) atoms. The lowest BCUT2D eigenvalue weighted by molar-refractivity contribution is 0.171. The van der Waals surface area contributed by atoms with Crippen molar-refractivity contribution in [2.24, 2.45) is 5.41 Å². The van der Waals surface area contributed by atoms with Gasteiger partial charge < -0.3 is 10.1 Å². The molecule has 1 saturated carbocycles. The summed E-state index contributed by atoms with van der Waals surface area (Å²) in [5.41, 5.74) is 1.64. The average molecular weight is 251 g/mol. The van der Waals surface area contributed by atoms with E-state index in [2.05, 4.69) is 36.5 Å². The predicted molar refractivity (Wildman–Crippen MR) is 72.5 cm³/mol. The van der Waals surface area contributed by atoms with E-state index in [1.807, 2.05) is 4.68 Å². The SMILES string of the molecule is COCCC1(CNCc2ccn(C(C)C)n2)CC1. The quantitative estimate of drug-likeness (QED) is 0.771. The summed E-state index contributed by atoms with van der Waals surface area (Å²) in [5, 5.41) is 8.08. The van der Waals surface area contributed by atoms with E-state index in [4.69, 9.17) is 4.74 Å². The Balaban J connectivity index is 1.71. The monoisotopic (exact) mass is 251 g/mol. The second kappa shape index (κ2) is 5.85. The van der Waals surface area contributed by atoms with Gasteiger partial charge in [0.25, 0.3) is 0 Å². The van der Waals surface area contributed by atoms with Crippen LogP contribution in [0.15, 0.2) is 12.3 Å². The first-order valence-corrected chi connectivity index (χ1v) is 6.89. The van der Waals surface area contributed by atoms with E-state index >= 15 is 0 Å². The standard InChI is InChI=1S/C14H25N3O/c1-12(2)17-8-4-13(16-17)10-15-11-14(5-6-14)7-9-18-3/h4,8,12,15H,5-7,9-11H2,1-3H3. The number of rotatable bonds is 8. The first-order chi connectivity index (χ1) is 8.65. The molecule has 0 aliphatic heterocycles. The number of ether oxygens (including phenoxy) is 1. The highest BCUT2D eigenvalue weighted by atomic mass is 16.5. The van der Waals surface area contributed by atoms with Crippen molar-refractivity contribution >= 4 is 0 Å². The maximum Gasteiger partial charge on any atom is 0.0762 e. The number of aromatic nitrogens is 2. The van der Waals surface area contributed by atoms with Gasteiger partial charge in [0.05, 0.1) is 5.69 Å². The molecule has 0 atom stereocenters. The fraction of sp³-hybridized carbons (Fsp3) is 0.786. The van der Waals surface area contributed by atoms with Crippen LogP contribution in [-0.2, 0) is 11.3 Å². The molecule has 0 spiro atoms. The van der Waals surface area contributed by atoms with Gasteiger partial charge in [0.15, 0.2) is 0 Å². The molecule has 0 saturated heterocycles. The zero-order valence-electron chi connectivity index (χ0n) is 11.8. The van der Waals surface area contributed by atoms with Gasteiger partial charge in [-0.15, -0.1) is 0 Å². The van der Waals surface area contributed by atoms with E-state index in [9.17, 15) is 0 Å². The molecular weight excluding hydrogens is 226 g/mol. The number of nitrogens with zero attached hydrogens (tertiary/aromatic N) is 2. The highest BCUT2D eigenvalue weighted by molar-refractivity contribution is 5.00. The van der Waals surface area contributed by atoms with Crippen LogP contribution in [0.2, 0.25) is 0 Å². The number of hydrogen-bond acceptors (Lipinski definition) is 3. The van der Waals surface area contributed by atoms with Crippen molar-refractivity contribution in [2.45, 2.75) is 45.7 Å². The van der Waals surface area contributed by atoms with E-state index < -0.39 is 0 Å². The number of methoxy groups -OCH3 is 1. The predicted octanol–water partition coefficient (Wildman–Crippen LogP) is 2.37. The Bertz CT molecular complexity index is 369. The molecular formula is C14H25N3O. The topological polar surface area (TPSA) is 39.1 Å². The van der Waals surface area contributed by atoms with Gasteiger partial charge in [-0.2, -0.15) is 5.10 Å². The minimum Gasteiger partial charge on any atom is -0.385 e. The molecule has 2 rings (SSSR count). The molecule has 4 heteroatoms. The maximum atomic E-state index is 5.17. The Morgan fingerprint density at radius 1 is 1.50 bits per heavy atom. The van der Waals surface area contributed by atoms with Crippen LogP contribution in [0.25, 0.3) is 0 Å². The minimum absolute atomic E-state index is 0.440. The molecule has 1 aliphatic carbocycles. The van der Waals surface area contributed by atoms with Gasteiger partial charge in [0.2, 0.25) is 0 Å². The van der Waals surface area contributed by atoms with Gasteiger partial charge in [0.1, 0.15) is 0 Å². The Kier molecular flexibility index (Phi) is 4.40. The third-order valence-corrected chi connectivity index (χ3v) is 3.79. The van der Waals surface area contributed by atoms with Crippen LogP contribution >= 0.6 is 0 Å². The molecule has 0 amide bonds. The molecule has 1 aromatic heterocycles. The van der Waals surface area contributed by atoms with E-state index in [1.54, 1.807) is 7.11 Å². The molecule has 4 nitrogen and oxygen atoms in total. The molecule has 0 aromatic carbocycles. The summed E-state index contributed by atoms with van der Waals surface area (Å²) in [6.45, 7) is 7.13. The summed E-state index contributed by atoms with van der Waals surface area (Å²) < 4.78 is 7.18. The van der Waals surface area contributed by atoms with E-state index in [-0.39, 0.29) is 0 Å². The number of hydrogen-bond donors (Lipinski definition) is 1. The Morgan fingerprint density at radius 3 is 2.83 bits per heavy atom. The van der Waals surface area contributed by atoms with E-state index in [1.165, 1.54) is 19.3 Å². The van der Waals surface area contributed by atoms with Crippen LogP contribution < -0.4 is 5.32 Å². The molecule has 1 fully saturated rings. The smallest absolute Gasteiger partial charge is 0.0762 e. The summed E-state index contributed by atoms with van der Waals surface area (Å²) in [7, 11) is 1.78. The zero-order chi connectivity index (χ0) is 13.0. The Morgan fingerprint density at radius 2 is 2.28 bits per heavy atom. The molecule has 1 aliphatic rings. The third kappa shape index (κ3) is 3.56. The van der Waals surface area contributed by atoms with Crippen LogP contribution in [0.1, 0.15) is 44.8 Å². The molecule has 102 valence electrons. The summed E-state index contributed by atoms with van der Waals surface area (Å²) in [5.74, 6) is 0. The van der Waals surface area contributed by atoms with Gasteiger partial charge in [-0.3, -0.25) is 4.68 Å². The zero-order valence-corrected chi connectivity index (χ0v) is 11.8. The van der Waals surface area contributed by atoms with E-state index in [0.29, 0.717) is 11.5 Å². The van der Waals surface area contributed by atoms with E-state index in [0.717, 1.165) is 25.4 Å². The maximum absolute atomic E-state index is 5.17. The highest BCUT2D eigenvalue weighted by Gasteiger charge is 2.41. The lowest BCUT2D eigenvalue weighted by Gasteiger charge is -2.14. The van der Waals surface area contributed by atoms with Crippen LogP contribution in [0.3, 0.4) is 0 Å². The fourth-order valence-electron chi connectivity index (χ4n) is 2.23. The van der Waals surface area contributed by atoms with Crippen molar-refractivity contribution < 1.29 is 4.74 Å². The van der Waals surface area contributed by atoms with Gasteiger partial charge in [-0.05, 0) is 44.6 Å². The minimum atomic E-state index is 0.440. The van der Waals surface area contributed by atoms with Gasteiger partial charge >= 0.3 is 0 Å². The van der Waals surface area contributed by atoms with Gasteiger partial charge in [-0.1, -0.05) is 0 Å². The van der Waals surface area contributed by atoms with Crippen LogP contribution in [0.4, 0.5) is 0 Å². The highest BCUT2D eigenvalue weighted by Crippen LogP contribution is 2.48. The van der Waals surface area contributed by atoms with Crippen molar-refractivity contribution in [1.29, 1.82) is 0 Å². The second-order valence-electron chi connectivity index (χ2n) is 5.73. The Hall–Kier alpha value is -0.870. The third-order valence-electron chi connectivity index (χ3n) is 3.79. The van der Waals surface area contributed by atoms with Crippen LogP contribution in [0.5, 0.6) is 0 Å². The number of nitrogens with one attached hydrogen (secondary N) is 1. The molecule has 1 aromatic rings. The Labute approximate surface area is 110 Å². The van der Waals surface area contributed by atoms with Crippen molar-refractivity contribution in [3.63, 3.8) is 0 Å². The summed E-state index contributed by atoms with van der Waals surface area (Å²) in [6, 6.07) is 2.54. The largest absolute Gasteiger partial charge is 0.385 e. The normalized spacial score (nSPS) is 17.3. The van der Waals surface area contributed by atoms with Crippen molar-refractivity contribution in [3.05, 3.63) is 18.0 Å². The van der Waals surface area contributed by atoms with Gasteiger partial charge in [0, 0.05) is 39.0 Å². The molecule has 1 heterocycles. The lowest BCUT2D eigenvalue weighted by atomic mass is 10.0. The lowest BCUT2D eigenvalue weighted by Crippen LogP contribution is -2.25. The average Bonchev–Trinajstić information content (AvgIpc) is 2.94. The van der Waals surface area contributed by atoms with Crippen LogP contribution in [0, 0.1) is 5.41 Å². The molecule has 0 unspecified atom stereocenters. The van der Waals surface area contributed by atoms with Crippen molar-refractivity contribution in [1.82, 2.24) is 15.1 Å². The summed E-state index contributed by atoms with van der Waals surface area (Å²) >= 11 is 0. The molecule has 1 N–H and O–H groups in total. The molecule has 0 bridgehead atoms. The summed E-state index contributed by atoms with van der Waals surface area (Å²) in [6.07, 6.45) is 5.91. The van der Waals surface area contributed by atoms with Crippen molar-refractivity contribution in [3.8, 4) is 0 Å². The first-order valence-electron chi connectivity index (χ1n) is 6.89.